The van der Waals surface area contributed by atoms with E-state index in [4.69, 9.17) is 5.73 Å². The minimum atomic E-state index is 0.922. The molecule has 0 aromatic carbocycles. The first-order chi connectivity index (χ1) is 7.29. The second-order valence-corrected chi connectivity index (χ2v) is 6.48. The Balaban J connectivity index is 1.76. The maximum absolute atomic E-state index is 5.81. The van der Waals surface area contributed by atoms with Crippen LogP contribution in [0.25, 0.3) is 0 Å². The Labute approximate surface area is 93.8 Å². The van der Waals surface area contributed by atoms with Crippen molar-refractivity contribution in [2.45, 2.75) is 45.4 Å². The predicted octanol–water partition coefficient (Wildman–Crippen LogP) is 3.04. The molecule has 0 heterocycles. The smallest absolute Gasteiger partial charge is 0.00744 e. The van der Waals surface area contributed by atoms with Crippen LogP contribution >= 0.6 is 0 Å². The summed E-state index contributed by atoms with van der Waals surface area (Å²) in [6.45, 7) is 3.38. The first kappa shape index (κ1) is 10.1. The molecule has 3 saturated carbocycles. The number of nitrogens with two attached hydrogens (primary N) is 1. The molecular weight excluding hydrogens is 182 g/mol. The van der Waals surface area contributed by atoms with Crippen molar-refractivity contribution >= 4 is 0 Å². The third kappa shape index (κ3) is 1.54. The lowest BCUT2D eigenvalue weighted by Gasteiger charge is -2.51. The monoisotopic (exact) mass is 207 g/mol. The Morgan fingerprint density at radius 1 is 1.00 bits per heavy atom. The lowest BCUT2D eigenvalue weighted by molar-refractivity contribution is -0.0186. The van der Waals surface area contributed by atoms with E-state index >= 15 is 0 Å². The molecule has 3 aliphatic carbocycles. The van der Waals surface area contributed by atoms with E-state index in [1.807, 2.05) is 0 Å². The van der Waals surface area contributed by atoms with E-state index in [0.29, 0.717) is 0 Å². The molecule has 0 bridgehead atoms. The average Bonchev–Trinajstić information content (AvgIpc) is 2.52. The van der Waals surface area contributed by atoms with Crippen molar-refractivity contribution in [1.82, 2.24) is 0 Å². The van der Waals surface area contributed by atoms with Gasteiger partial charge in [0.15, 0.2) is 0 Å². The van der Waals surface area contributed by atoms with Gasteiger partial charge in [-0.3, -0.25) is 0 Å². The maximum atomic E-state index is 5.81. The molecule has 3 rings (SSSR count). The fourth-order valence-corrected chi connectivity index (χ4v) is 5.02. The molecule has 2 N–H and O–H groups in total. The van der Waals surface area contributed by atoms with Crippen LogP contribution in [0.1, 0.15) is 45.4 Å². The number of rotatable bonds is 2. The summed E-state index contributed by atoms with van der Waals surface area (Å²) in [5, 5.41) is 0. The minimum absolute atomic E-state index is 0.922. The summed E-state index contributed by atoms with van der Waals surface area (Å²) in [6, 6.07) is 0. The first-order valence-corrected chi connectivity index (χ1v) is 6.99. The van der Waals surface area contributed by atoms with Crippen LogP contribution in [0, 0.1) is 35.5 Å². The topological polar surface area (TPSA) is 26.0 Å². The Bertz CT molecular complexity index is 237. The fourth-order valence-electron chi connectivity index (χ4n) is 5.02. The second-order valence-electron chi connectivity index (χ2n) is 6.48. The van der Waals surface area contributed by atoms with E-state index in [1.54, 1.807) is 6.42 Å². The van der Waals surface area contributed by atoms with E-state index < -0.39 is 0 Å². The number of fused-ring (bicyclic) bond motifs is 2. The third-order valence-electron chi connectivity index (χ3n) is 5.67. The van der Waals surface area contributed by atoms with Crippen molar-refractivity contribution in [1.29, 1.82) is 0 Å². The molecule has 6 unspecified atom stereocenters. The van der Waals surface area contributed by atoms with Gasteiger partial charge in [-0.15, -0.1) is 0 Å². The van der Waals surface area contributed by atoms with Gasteiger partial charge in [-0.1, -0.05) is 6.92 Å². The normalized spacial score (nSPS) is 53.2. The van der Waals surface area contributed by atoms with Crippen molar-refractivity contribution in [3.05, 3.63) is 0 Å². The summed E-state index contributed by atoms with van der Waals surface area (Å²) in [4.78, 5) is 0. The minimum Gasteiger partial charge on any atom is -0.330 e. The lowest BCUT2D eigenvalue weighted by Crippen LogP contribution is -2.44. The summed E-state index contributed by atoms with van der Waals surface area (Å²) >= 11 is 0. The SMILES string of the molecule is CC1CC2CC3CCC3C(CCN)C2C1. The zero-order chi connectivity index (χ0) is 10.4. The van der Waals surface area contributed by atoms with Gasteiger partial charge >= 0.3 is 0 Å². The van der Waals surface area contributed by atoms with Crippen LogP contribution < -0.4 is 5.73 Å². The molecule has 0 spiro atoms. The van der Waals surface area contributed by atoms with Crippen LogP contribution in [0.5, 0.6) is 0 Å². The second kappa shape index (κ2) is 3.76. The van der Waals surface area contributed by atoms with Gasteiger partial charge in [-0.2, -0.15) is 0 Å². The Morgan fingerprint density at radius 2 is 1.87 bits per heavy atom. The average molecular weight is 207 g/mol. The molecule has 0 aliphatic heterocycles. The third-order valence-corrected chi connectivity index (χ3v) is 5.67. The Kier molecular flexibility index (Phi) is 2.54. The van der Waals surface area contributed by atoms with Crippen LogP contribution in [-0.4, -0.2) is 6.54 Å². The zero-order valence-electron chi connectivity index (χ0n) is 9.99. The van der Waals surface area contributed by atoms with Gasteiger partial charge in [0.1, 0.15) is 0 Å². The highest BCUT2D eigenvalue weighted by Crippen LogP contribution is 2.58. The lowest BCUT2D eigenvalue weighted by atomic mass is 9.54. The summed E-state index contributed by atoms with van der Waals surface area (Å²) < 4.78 is 0. The Morgan fingerprint density at radius 3 is 2.53 bits per heavy atom. The number of hydrogen-bond acceptors (Lipinski definition) is 1. The van der Waals surface area contributed by atoms with Gasteiger partial charge in [0.05, 0.1) is 0 Å². The van der Waals surface area contributed by atoms with E-state index in [1.165, 1.54) is 32.1 Å². The Hall–Kier alpha value is -0.0400. The molecule has 0 amide bonds. The fraction of sp³-hybridized carbons (Fsp3) is 1.00. The van der Waals surface area contributed by atoms with Crippen LogP contribution in [0.15, 0.2) is 0 Å². The van der Waals surface area contributed by atoms with Gasteiger partial charge in [0.2, 0.25) is 0 Å². The van der Waals surface area contributed by atoms with E-state index in [-0.39, 0.29) is 0 Å². The van der Waals surface area contributed by atoms with Gasteiger partial charge in [-0.25, -0.2) is 0 Å². The molecular formula is C14H25N. The number of hydrogen-bond donors (Lipinski definition) is 1. The highest BCUT2D eigenvalue weighted by Gasteiger charge is 2.50. The molecule has 0 aromatic heterocycles. The zero-order valence-corrected chi connectivity index (χ0v) is 9.99. The summed E-state index contributed by atoms with van der Waals surface area (Å²) in [5.74, 6) is 6.34. The first-order valence-electron chi connectivity index (χ1n) is 6.99. The van der Waals surface area contributed by atoms with Crippen molar-refractivity contribution in [2.75, 3.05) is 6.54 Å². The molecule has 0 aromatic rings. The van der Waals surface area contributed by atoms with Crippen LogP contribution in [0.2, 0.25) is 0 Å². The van der Waals surface area contributed by atoms with Crippen molar-refractivity contribution < 1.29 is 0 Å². The highest BCUT2D eigenvalue weighted by atomic mass is 14.6. The maximum Gasteiger partial charge on any atom is -0.00744 e. The van der Waals surface area contributed by atoms with Crippen molar-refractivity contribution in [2.24, 2.45) is 41.2 Å². The summed E-state index contributed by atoms with van der Waals surface area (Å²) in [7, 11) is 0. The molecule has 3 fully saturated rings. The highest BCUT2D eigenvalue weighted by molar-refractivity contribution is 5.00. The molecule has 0 saturated heterocycles. The van der Waals surface area contributed by atoms with E-state index in [2.05, 4.69) is 6.92 Å². The van der Waals surface area contributed by atoms with Gasteiger partial charge in [0.25, 0.3) is 0 Å². The molecule has 86 valence electrons. The molecule has 0 radical (unpaired) electrons. The molecule has 15 heavy (non-hydrogen) atoms. The van der Waals surface area contributed by atoms with Crippen LogP contribution in [0.3, 0.4) is 0 Å². The van der Waals surface area contributed by atoms with Gasteiger partial charge < -0.3 is 5.73 Å². The van der Waals surface area contributed by atoms with Gasteiger partial charge in [0, 0.05) is 0 Å². The van der Waals surface area contributed by atoms with Crippen molar-refractivity contribution in [3.63, 3.8) is 0 Å². The predicted molar refractivity (Wildman–Crippen MR) is 63.4 cm³/mol. The van der Waals surface area contributed by atoms with E-state index in [0.717, 1.165) is 42.1 Å². The molecule has 6 atom stereocenters. The molecule has 3 aliphatic rings. The largest absolute Gasteiger partial charge is 0.330 e. The molecule has 1 nitrogen and oxygen atoms in total. The summed E-state index contributed by atoms with van der Waals surface area (Å²) in [5.41, 5.74) is 5.81. The summed E-state index contributed by atoms with van der Waals surface area (Å²) in [6.07, 6.45) is 8.97. The van der Waals surface area contributed by atoms with E-state index in [9.17, 15) is 0 Å². The quantitative estimate of drug-likeness (QED) is 0.740. The standard InChI is InChI=1S/C14H25N/c1-9-6-11-8-10-2-3-12(10)13(4-5-15)14(11)7-9/h9-14H,2-8,15H2,1H3. The van der Waals surface area contributed by atoms with Gasteiger partial charge in [-0.05, 0) is 80.6 Å². The molecule has 1 heteroatoms. The van der Waals surface area contributed by atoms with Crippen LogP contribution in [0.4, 0.5) is 0 Å². The van der Waals surface area contributed by atoms with Crippen LogP contribution in [-0.2, 0) is 0 Å². The van der Waals surface area contributed by atoms with Crippen molar-refractivity contribution in [3.8, 4) is 0 Å².